The first-order chi connectivity index (χ1) is 7.38. The van der Waals surface area contributed by atoms with Crippen LogP contribution in [0.1, 0.15) is 27.2 Å². The van der Waals surface area contributed by atoms with Crippen molar-refractivity contribution in [2.24, 2.45) is 5.41 Å². The Morgan fingerprint density at radius 2 is 1.94 bits per heavy atom. The fourth-order valence-corrected chi connectivity index (χ4v) is 1.24. The highest BCUT2D eigenvalue weighted by Gasteiger charge is 2.12. The van der Waals surface area contributed by atoms with Gasteiger partial charge >= 0.3 is 7.12 Å². The summed E-state index contributed by atoms with van der Waals surface area (Å²) in [5, 5.41) is 18.0. The maximum atomic E-state index is 9.00. The Morgan fingerprint density at radius 3 is 2.50 bits per heavy atom. The molecule has 1 rings (SSSR count). The molecule has 0 amide bonds. The molecule has 1 aromatic rings. The average Bonchev–Trinajstić information content (AvgIpc) is 2.16. The Labute approximate surface area is 97.2 Å². The second-order valence-electron chi connectivity index (χ2n) is 5.11. The Kier molecular flexibility index (Phi) is 4.39. The van der Waals surface area contributed by atoms with Crippen molar-refractivity contribution in [2.75, 3.05) is 6.61 Å². The Bertz CT molecular complexity index is 331. The van der Waals surface area contributed by atoms with Gasteiger partial charge in [-0.15, -0.1) is 0 Å². The summed E-state index contributed by atoms with van der Waals surface area (Å²) in [5.74, 6) is 0.676. The standard InChI is InChI=1S/C12H19BO3/c1-12(2,3)7-8-16-11-6-4-5-10(9-11)13(14)15/h4-6,9,14-15H,7-8H2,1-3H3. The lowest BCUT2D eigenvalue weighted by Gasteiger charge is -2.18. The van der Waals surface area contributed by atoms with Crippen LogP contribution in [-0.2, 0) is 0 Å². The van der Waals surface area contributed by atoms with E-state index in [1.165, 1.54) is 0 Å². The molecule has 0 heterocycles. The highest BCUT2D eigenvalue weighted by molar-refractivity contribution is 6.58. The Balaban J connectivity index is 2.51. The van der Waals surface area contributed by atoms with Crippen LogP contribution in [0, 0.1) is 5.41 Å². The van der Waals surface area contributed by atoms with Gasteiger partial charge in [-0.25, -0.2) is 0 Å². The quantitative estimate of drug-likeness (QED) is 0.752. The number of ether oxygens (including phenoxy) is 1. The molecular weight excluding hydrogens is 203 g/mol. The SMILES string of the molecule is CC(C)(C)CCOc1cccc(B(O)O)c1. The topological polar surface area (TPSA) is 49.7 Å². The molecule has 0 fully saturated rings. The van der Waals surface area contributed by atoms with Crippen molar-refractivity contribution in [1.82, 2.24) is 0 Å². The smallest absolute Gasteiger partial charge is 0.488 e. The van der Waals surface area contributed by atoms with Crippen LogP contribution in [0.25, 0.3) is 0 Å². The van der Waals surface area contributed by atoms with Crippen molar-refractivity contribution >= 4 is 12.6 Å². The van der Waals surface area contributed by atoms with E-state index in [0.717, 1.165) is 6.42 Å². The van der Waals surface area contributed by atoms with E-state index in [1.54, 1.807) is 18.2 Å². The van der Waals surface area contributed by atoms with Crippen molar-refractivity contribution < 1.29 is 14.8 Å². The van der Waals surface area contributed by atoms with E-state index in [2.05, 4.69) is 20.8 Å². The molecule has 0 aliphatic heterocycles. The van der Waals surface area contributed by atoms with Gasteiger partial charge in [-0.2, -0.15) is 0 Å². The zero-order valence-corrected chi connectivity index (χ0v) is 10.1. The van der Waals surface area contributed by atoms with E-state index in [1.807, 2.05) is 6.07 Å². The molecule has 2 N–H and O–H groups in total. The third kappa shape index (κ3) is 4.68. The van der Waals surface area contributed by atoms with E-state index >= 15 is 0 Å². The highest BCUT2D eigenvalue weighted by atomic mass is 16.5. The minimum absolute atomic E-state index is 0.244. The summed E-state index contributed by atoms with van der Waals surface area (Å²) in [7, 11) is -1.44. The van der Waals surface area contributed by atoms with Gasteiger partial charge in [0, 0.05) is 0 Å². The normalized spacial score (nSPS) is 11.3. The molecule has 0 aromatic heterocycles. The first-order valence-electron chi connectivity index (χ1n) is 5.47. The molecule has 0 aliphatic carbocycles. The summed E-state index contributed by atoms with van der Waals surface area (Å²) in [4.78, 5) is 0. The molecular formula is C12H19BO3. The van der Waals surface area contributed by atoms with Crippen LogP contribution in [0.3, 0.4) is 0 Å². The molecule has 0 aliphatic rings. The van der Waals surface area contributed by atoms with Gasteiger partial charge in [-0.3, -0.25) is 0 Å². The third-order valence-electron chi connectivity index (χ3n) is 2.28. The maximum absolute atomic E-state index is 9.00. The molecule has 4 heteroatoms. The zero-order chi connectivity index (χ0) is 12.2. The fourth-order valence-electron chi connectivity index (χ4n) is 1.24. The van der Waals surface area contributed by atoms with Crippen LogP contribution >= 0.6 is 0 Å². The van der Waals surface area contributed by atoms with E-state index in [-0.39, 0.29) is 5.41 Å². The zero-order valence-electron chi connectivity index (χ0n) is 10.1. The summed E-state index contributed by atoms with van der Waals surface area (Å²) >= 11 is 0. The first-order valence-corrected chi connectivity index (χ1v) is 5.47. The Hall–Kier alpha value is -0.995. The lowest BCUT2D eigenvalue weighted by molar-refractivity contribution is 0.243. The number of benzene rings is 1. The van der Waals surface area contributed by atoms with Gasteiger partial charge in [-0.1, -0.05) is 32.9 Å². The summed E-state index contributed by atoms with van der Waals surface area (Å²) in [5.41, 5.74) is 0.696. The van der Waals surface area contributed by atoms with Gasteiger partial charge < -0.3 is 14.8 Å². The van der Waals surface area contributed by atoms with Crippen LogP contribution in [0.5, 0.6) is 5.75 Å². The monoisotopic (exact) mass is 222 g/mol. The van der Waals surface area contributed by atoms with Gasteiger partial charge in [0.1, 0.15) is 5.75 Å². The molecule has 3 nitrogen and oxygen atoms in total. The van der Waals surface area contributed by atoms with Gasteiger partial charge in [0.2, 0.25) is 0 Å². The number of hydrogen-bond donors (Lipinski definition) is 2. The molecule has 16 heavy (non-hydrogen) atoms. The number of rotatable bonds is 4. The summed E-state index contributed by atoms with van der Waals surface area (Å²) < 4.78 is 5.55. The minimum atomic E-state index is -1.44. The fraction of sp³-hybridized carbons (Fsp3) is 0.500. The third-order valence-corrected chi connectivity index (χ3v) is 2.28. The van der Waals surface area contributed by atoms with Crippen LogP contribution in [0.15, 0.2) is 24.3 Å². The lowest BCUT2D eigenvalue weighted by Crippen LogP contribution is -2.29. The largest absolute Gasteiger partial charge is 0.494 e. The molecule has 0 bridgehead atoms. The Morgan fingerprint density at radius 1 is 1.25 bits per heavy atom. The van der Waals surface area contributed by atoms with Crippen molar-refractivity contribution in [2.45, 2.75) is 27.2 Å². The molecule has 0 saturated heterocycles. The molecule has 0 spiro atoms. The van der Waals surface area contributed by atoms with Crippen LogP contribution < -0.4 is 10.2 Å². The van der Waals surface area contributed by atoms with E-state index in [4.69, 9.17) is 14.8 Å². The van der Waals surface area contributed by atoms with Crippen LogP contribution in [-0.4, -0.2) is 23.8 Å². The molecule has 0 unspecified atom stereocenters. The summed E-state index contributed by atoms with van der Waals surface area (Å²) in [6.07, 6.45) is 0.957. The van der Waals surface area contributed by atoms with E-state index in [0.29, 0.717) is 17.8 Å². The van der Waals surface area contributed by atoms with Crippen LogP contribution in [0.4, 0.5) is 0 Å². The van der Waals surface area contributed by atoms with E-state index < -0.39 is 7.12 Å². The average molecular weight is 222 g/mol. The molecule has 88 valence electrons. The van der Waals surface area contributed by atoms with Gasteiger partial charge in [0.05, 0.1) is 6.61 Å². The highest BCUT2D eigenvalue weighted by Crippen LogP contribution is 2.19. The van der Waals surface area contributed by atoms with Crippen molar-refractivity contribution in [3.8, 4) is 5.75 Å². The second-order valence-corrected chi connectivity index (χ2v) is 5.11. The van der Waals surface area contributed by atoms with Crippen molar-refractivity contribution in [3.63, 3.8) is 0 Å². The van der Waals surface area contributed by atoms with Gasteiger partial charge in [0.25, 0.3) is 0 Å². The second kappa shape index (κ2) is 5.37. The van der Waals surface area contributed by atoms with Crippen molar-refractivity contribution in [3.05, 3.63) is 24.3 Å². The van der Waals surface area contributed by atoms with Gasteiger partial charge in [0.15, 0.2) is 0 Å². The van der Waals surface area contributed by atoms with Gasteiger partial charge in [-0.05, 0) is 29.4 Å². The first kappa shape index (κ1) is 13.1. The maximum Gasteiger partial charge on any atom is 0.488 e. The molecule has 0 radical (unpaired) electrons. The summed E-state index contributed by atoms with van der Waals surface area (Å²) in [6.45, 7) is 7.10. The molecule has 1 aromatic carbocycles. The lowest BCUT2D eigenvalue weighted by atomic mass is 9.80. The molecule has 0 saturated carbocycles. The van der Waals surface area contributed by atoms with E-state index in [9.17, 15) is 0 Å². The predicted octanol–water partition coefficient (Wildman–Crippen LogP) is 1.18. The summed E-state index contributed by atoms with van der Waals surface area (Å²) in [6, 6.07) is 6.87. The van der Waals surface area contributed by atoms with Crippen LogP contribution in [0.2, 0.25) is 0 Å². The number of hydrogen-bond acceptors (Lipinski definition) is 3. The predicted molar refractivity (Wildman–Crippen MR) is 65.8 cm³/mol. The van der Waals surface area contributed by atoms with Crippen molar-refractivity contribution in [1.29, 1.82) is 0 Å². The molecule has 0 atom stereocenters. The minimum Gasteiger partial charge on any atom is -0.494 e.